The van der Waals surface area contributed by atoms with Crippen molar-refractivity contribution in [1.29, 1.82) is 0 Å². The zero-order valence-electron chi connectivity index (χ0n) is 12.2. The summed E-state index contributed by atoms with van der Waals surface area (Å²) >= 11 is 0. The predicted octanol–water partition coefficient (Wildman–Crippen LogP) is 2.44. The molecule has 0 bridgehead atoms. The third kappa shape index (κ3) is 2.03. The van der Waals surface area contributed by atoms with Gasteiger partial charge in [0, 0.05) is 31.9 Å². The van der Waals surface area contributed by atoms with Gasteiger partial charge in [-0.25, -0.2) is 0 Å². The number of nitrogens with zero attached hydrogens (tertiary/aromatic N) is 1. The molecule has 3 nitrogen and oxygen atoms in total. The van der Waals surface area contributed by atoms with Gasteiger partial charge in [-0.05, 0) is 48.6 Å². The Morgan fingerprint density at radius 1 is 1.27 bits per heavy atom. The van der Waals surface area contributed by atoms with Crippen LogP contribution in [0.5, 0.6) is 0 Å². The van der Waals surface area contributed by atoms with E-state index in [0.29, 0.717) is 17.9 Å². The van der Waals surface area contributed by atoms with E-state index in [2.05, 4.69) is 5.32 Å². The van der Waals surface area contributed by atoms with Crippen LogP contribution in [0.15, 0.2) is 23.1 Å². The maximum absolute atomic E-state index is 13.1. The van der Waals surface area contributed by atoms with Gasteiger partial charge in [-0.15, -0.1) is 0 Å². The second-order valence-electron chi connectivity index (χ2n) is 7.36. The number of rotatable bonds is 3. The molecule has 1 aromatic heterocycles. The number of hydrogen-bond acceptors (Lipinski definition) is 2. The van der Waals surface area contributed by atoms with Crippen molar-refractivity contribution in [2.45, 2.75) is 43.8 Å². The normalized spacial score (nSPS) is 25.6. The quantitative estimate of drug-likeness (QED) is 0.930. The van der Waals surface area contributed by atoms with Crippen molar-refractivity contribution in [3.63, 3.8) is 0 Å². The molecule has 0 amide bonds. The molecule has 0 atom stereocenters. The standard InChI is InChI=1S/C16H19F3N2O/c17-16(18,19)15(2-3-15)12-1-4-21(13(22)5-12)8-11-6-14(7-11)9-20-10-14/h1,4-5,11,20H,2-3,6-10H2. The summed E-state index contributed by atoms with van der Waals surface area (Å²) in [4.78, 5) is 12.1. The van der Waals surface area contributed by atoms with E-state index in [9.17, 15) is 18.0 Å². The van der Waals surface area contributed by atoms with Crippen LogP contribution in [0.25, 0.3) is 0 Å². The maximum Gasteiger partial charge on any atom is 0.398 e. The highest BCUT2D eigenvalue weighted by molar-refractivity contribution is 5.32. The lowest BCUT2D eigenvalue weighted by molar-refractivity contribution is -0.160. The smallest absolute Gasteiger partial charge is 0.316 e. The highest BCUT2D eigenvalue weighted by atomic mass is 19.4. The molecule has 3 fully saturated rings. The Bertz CT molecular complexity index is 648. The Morgan fingerprint density at radius 2 is 1.95 bits per heavy atom. The molecule has 120 valence electrons. The van der Waals surface area contributed by atoms with Gasteiger partial charge < -0.3 is 9.88 Å². The third-order valence-electron chi connectivity index (χ3n) is 5.74. The van der Waals surface area contributed by atoms with Crippen LogP contribution in [0.1, 0.15) is 31.2 Å². The van der Waals surface area contributed by atoms with Crippen molar-refractivity contribution in [2.24, 2.45) is 11.3 Å². The first-order chi connectivity index (χ1) is 10.3. The molecule has 1 N–H and O–H groups in total. The van der Waals surface area contributed by atoms with Crippen LogP contribution in [0.2, 0.25) is 0 Å². The molecule has 22 heavy (non-hydrogen) atoms. The summed E-state index contributed by atoms with van der Waals surface area (Å²) in [5.41, 5.74) is -1.48. The second-order valence-corrected chi connectivity index (χ2v) is 7.36. The van der Waals surface area contributed by atoms with Crippen LogP contribution >= 0.6 is 0 Å². The first-order valence-electron chi connectivity index (χ1n) is 7.82. The van der Waals surface area contributed by atoms with E-state index in [1.807, 2.05) is 0 Å². The summed E-state index contributed by atoms with van der Waals surface area (Å²) in [6, 6.07) is 2.68. The lowest BCUT2D eigenvalue weighted by Gasteiger charge is -2.54. The van der Waals surface area contributed by atoms with Gasteiger partial charge in [-0.3, -0.25) is 4.79 Å². The molecule has 0 radical (unpaired) electrons. The second kappa shape index (κ2) is 4.37. The molecule has 2 heterocycles. The van der Waals surface area contributed by atoms with Gasteiger partial charge in [0.2, 0.25) is 0 Å². The van der Waals surface area contributed by atoms with Gasteiger partial charge in [0.05, 0.1) is 5.41 Å². The average Bonchev–Trinajstić information content (AvgIpc) is 3.13. The summed E-state index contributed by atoms with van der Waals surface area (Å²) in [6.45, 7) is 2.75. The number of hydrogen-bond donors (Lipinski definition) is 1. The fourth-order valence-corrected chi connectivity index (χ4v) is 4.16. The largest absolute Gasteiger partial charge is 0.398 e. The van der Waals surface area contributed by atoms with Crippen molar-refractivity contribution < 1.29 is 13.2 Å². The molecular formula is C16H19F3N2O. The first kappa shape index (κ1) is 14.3. The Labute approximate surface area is 126 Å². The van der Waals surface area contributed by atoms with E-state index < -0.39 is 11.6 Å². The monoisotopic (exact) mass is 312 g/mol. The van der Waals surface area contributed by atoms with Crippen LogP contribution in [-0.2, 0) is 12.0 Å². The summed E-state index contributed by atoms with van der Waals surface area (Å²) in [5, 5.41) is 3.27. The zero-order chi connectivity index (χ0) is 15.6. The van der Waals surface area contributed by atoms with Gasteiger partial charge in [-0.2, -0.15) is 13.2 Å². The molecule has 0 aromatic carbocycles. The van der Waals surface area contributed by atoms with Gasteiger partial charge in [-0.1, -0.05) is 0 Å². The Hall–Kier alpha value is -1.30. The van der Waals surface area contributed by atoms with E-state index in [1.54, 1.807) is 10.8 Å². The fraction of sp³-hybridized carbons (Fsp3) is 0.688. The molecule has 0 unspecified atom stereocenters. The summed E-state index contributed by atoms with van der Waals surface area (Å²) in [7, 11) is 0. The molecule has 6 heteroatoms. The third-order valence-corrected chi connectivity index (χ3v) is 5.74. The molecular weight excluding hydrogens is 293 g/mol. The zero-order valence-corrected chi connectivity index (χ0v) is 12.2. The number of nitrogens with one attached hydrogen (secondary N) is 1. The van der Waals surface area contributed by atoms with Crippen LogP contribution in [0, 0.1) is 11.3 Å². The molecule has 1 aromatic rings. The van der Waals surface area contributed by atoms with Gasteiger partial charge in [0.25, 0.3) is 5.56 Å². The minimum atomic E-state index is -4.26. The number of aromatic nitrogens is 1. The van der Waals surface area contributed by atoms with Crippen molar-refractivity contribution >= 4 is 0 Å². The average molecular weight is 312 g/mol. The number of alkyl halides is 3. The number of halogens is 3. The molecule has 2 saturated carbocycles. The highest BCUT2D eigenvalue weighted by Gasteiger charge is 2.64. The van der Waals surface area contributed by atoms with E-state index in [0.717, 1.165) is 25.9 Å². The van der Waals surface area contributed by atoms with Crippen LogP contribution in [0.4, 0.5) is 13.2 Å². The van der Waals surface area contributed by atoms with E-state index in [4.69, 9.17) is 0 Å². The minimum absolute atomic E-state index is 0.0953. The lowest BCUT2D eigenvalue weighted by Crippen LogP contribution is -2.60. The van der Waals surface area contributed by atoms with E-state index in [1.165, 1.54) is 12.1 Å². The van der Waals surface area contributed by atoms with Crippen LogP contribution < -0.4 is 10.9 Å². The Balaban J connectivity index is 1.48. The molecule has 4 rings (SSSR count). The lowest BCUT2D eigenvalue weighted by atomic mass is 9.58. The van der Waals surface area contributed by atoms with Crippen molar-refractivity contribution in [2.75, 3.05) is 13.1 Å². The minimum Gasteiger partial charge on any atom is -0.316 e. The van der Waals surface area contributed by atoms with Crippen molar-refractivity contribution in [3.8, 4) is 0 Å². The predicted molar refractivity (Wildman–Crippen MR) is 75.7 cm³/mol. The van der Waals surface area contributed by atoms with Crippen LogP contribution in [0.3, 0.4) is 0 Å². The van der Waals surface area contributed by atoms with Gasteiger partial charge in [0.15, 0.2) is 0 Å². The van der Waals surface area contributed by atoms with Crippen molar-refractivity contribution in [3.05, 3.63) is 34.2 Å². The van der Waals surface area contributed by atoms with Crippen LogP contribution in [-0.4, -0.2) is 23.8 Å². The first-order valence-corrected chi connectivity index (χ1v) is 7.82. The molecule has 1 spiro atoms. The summed E-state index contributed by atoms with van der Waals surface area (Å²) < 4.78 is 40.9. The SMILES string of the molecule is O=c1cc(C2(C(F)(F)F)CC2)ccn1CC1CC2(CNC2)C1. The number of pyridine rings is 1. The molecule has 3 aliphatic rings. The molecule has 1 aliphatic heterocycles. The summed E-state index contributed by atoms with van der Waals surface area (Å²) in [5.74, 6) is 0.475. The van der Waals surface area contributed by atoms with Crippen molar-refractivity contribution in [1.82, 2.24) is 9.88 Å². The van der Waals surface area contributed by atoms with Gasteiger partial charge in [0.1, 0.15) is 0 Å². The topological polar surface area (TPSA) is 34.0 Å². The summed E-state index contributed by atoms with van der Waals surface area (Å²) in [6.07, 6.45) is -0.297. The molecule has 2 aliphatic carbocycles. The Morgan fingerprint density at radius 3 is 2.41 bits per heavy atom. The van der Waals surface area contributed by atoms with E-state index in [-0.39, 0.29) is 24.0 Å². The molecule has 1 saturated heterocycles. The highest BCUT2D eigenvalue weighted by Crippen LogP contribution is 2.58. The Kier molecular flexibility index (Phi) is 2.84. The fourth-order valence-electron chi connectivity index (χ4n) is 4.16. The maximum atomic E-state index is 13.1. The van der Waals surface area contributed by atoms with Gasteiger partial charge >= 0.3 is 6.18 Å². The van der Waals surface area contributed by atoms with E-state index >= 15 is 0 Å².